The normalized spacial score (nSPS) is 20.8. The SMILES string of the molecule is Cc1ncc(C#N)cc1B1OC(C)(C)C(C)(C)O1. The molecule has 0 aliphatic carbocycles. The molecule has 0 amide bonds. The van der Waals surface area contributed by atoms with Crippen molar-refractivity contribution in [3.8, 4) is 6.07 Å². The van der Waals surface area contributed by atoms with E-state index in [1.165, 1.54) is 0 Å². The van der Waals surface area contributed by atoms with Gasteiger partial charge in [0.25, 0.3) is 0 Å². The first-order valence-electron chi connectivity index (χ1n) is 5.99. The monoisotopic (exact) mass is 244 g/mol. The zero-order chi connectivity index (χ0) is 13.6. The lowest BCUT2D eigenvalue weighted by molar-refractivity contribution is 0.00578. The zero-order valence-corrected chi connectivity index (χ0v) is 11.4. The summed E-state index contributed by atoms with van der Waals surface area (Å²) in [7, 11) is -0.462. The molecule has 0 bridgehead atoms. The summed E-state index contributed by atoms with van der Waals surface area (Å²) in [5.74, 6) is 0. The molecule has 2 rings (SSSR count). The van der Waals surface area contributed by atoms with E-state index in [4.69, 9.17) is 14.6 Å². The van der Waals surface area contributed by atoms with Crippen molar-refractivity contribution in [1.29, 1.82) is 5.26 Å². The van der Waals surface area contributed by atoms with Crippen molar-refractivity contribution in [2.45, 2.75) is 45.8 Å². The van der Waals surface area contributed by atoms with Gasteiger partial charge in [0.2, 0.25) is 0 Å². The molecule has 1 aliphatic rings. The molecular formula is C13H17BN2O2. The molecule has 0 atom stereocenters. The van der Waals surface area contributed by atoms with Crippen molar-refractivity contribution >= 4 is 12.6 Å². The van der Waals surface area contributed by atoms with Gasteiger partial charge in [-0.15, -0.1) is 0 Å². The topological polar surface area (TPSA) is 55.1 Å². The molecule has 1 aromatic heterocycles. The first-order chi connectivity index (χ1) is 8.27. The summed E-state index contributed by atoms with van der Waals surface area (Å²) in [6.07, 6.45) is 1.56. The first-order valence-corrected chi connectivity index (χ1v) is 5.99. The third-order valence-electron chi connectivity index (χ3n) is 3.76. The molecule has 1 fully saturated rings. The fourth-order valence-electron chi connectivity index (χ4n) is 1.82. The number of nitrogens with zero attached hydrogens (tertiary/aromatic N) is 2. The van der Waals surface area contributed by atoms with Gasteiger partial charge >= 0.3 is 7.12 Å². The number of pyridine rings is 1. The van der Waals surface area contributed by atoms with Crippen LogP contribution in [0.5, 0.6) is 0 Å². The quantitative estimate of drug-likeness (QED) is 0.703. The van der Waals surface area contributed by atoms with E-state index in [0.29, 0.717) is 5.56 Å². The second kappa shape index (κ2) is 4.08. The Labute approximate surface area is 108 Å². The van der Waals surface area contributed by atoms with Crippen molar-refractivity contribution in [3.63, 3.8) is 0 Å². The minimum Gasteiger partial charge on any atom is -0.399 e. The van der Waals surface area contributed by atoms with Gasteiger partial charge in [0.05, 0.1) is 16.8 Å². The van der Waals surface area contributed by atoms with Gasteiger partial charge < -0.3 is 9.31 Å². The highest BCUT2D eigenvalue weighted by Crippen LogP contribution is 2.36. The van der Waals surface area contributed by atoms with Crippen LogP contribution in [0.15, 0.2) is 12.3 Å². The van der Waals surface area contributed by atoms with Crippen molar-refractivity contribution in [3.05, 3.63) is 23.5 Å². The molecule has 0 saturated carbocycles. The largest absolute Gasteiger partial charge is 0.496 e. The second-order valence-electron chi connectivity index (χ2n) is 5.60. The van der Waals surface area contributed by atoms with Crippen molar-refractivity contribution in [1.82, 2.24) is 4.98 Å². The fourth-order valence-corrected chi connectivity index (χ4v) is 1.82. The molecule has 1 aromatic rings. The van der Waals surface area contributed by atoms with E-state index in [-0.39, 0.29) is 11.2 Å². The van der Waals surface area contributed by atoms with E-state index in [1.807, 2.05) is 34.6 Å². The van der Waals surface area contributed by atoms with Gasteiger partial charge in [-0.25, -0.2) is 0 Å². The molecule has 5 heteroatoms. The van der Waals surface area contributed by atoms with Gasteiger partial charge in [-0.2, -0.15) is 5.26 Å². The first kappa shape index (κ1) is 13.1. The summed E-state index contributed by atoms with van der Waals surface area (Å²) in [6.45, 7) is 9.91. The Morgan fingerprint density at radius 2 is 1.78 bits per heavy atom. The predicted molar refractivity (Wildman–Crippen MR) is 69.4 cm³/mol. The minimum atomic E-state index is -0.462. The van der Waals surface area contributed by atoms with Crippen molar-refractivity contribution < 1.29 is 9.31 Å². The van der Waals surface area contributed by atoms with Crippen LogP contribution in [0.25, 0.3) is 0 Å². The highest BCUT2D eigenvalue weighted by Gasteiger charge is 2.52. The van der Waals surface area contributed by atoms with Crippen LogP contribution < -0.4 is 5.46 Å². The second-order valence-corrected chi connectivity index (χ2v) is 5.60. The standard InChI is InChI=1S/C13H17BN2O2/c1-9-11(6-10(7-15)8-16-9)14-17-12(2,3)13(4,5)18-14/h6,8H,1-5H3. The van der Waals surface area contributed by atoms with Crippen LogP contribution in [0, 0.1) is 18.3 Å². The number of aromatic nitrogens is 1. The average molecular weight is 244 g/mol. The lowest BCUT2D eigenvalue weighted by Gasteiger charge is -2.32. The molecule has 1 saturated heterocycles. The fraction of sp³-hybridized carbons (Fsp3) is 0.538. The summed E-state index contributed by atoms with van der Waals surface area (Å²) in [4.78, 5) is 4.21. The molecule has 1 aliphatic heterocycles. The van der Waals surface area contributed by atoms with Crippen LogP contribution >= 0.6 is 0 Å². The Morgan fingerprint density at radius 3 is 2.28 bits per heavy atom. The number of hydrogen-bond donors (Lipinski definition) is 0. The van der Waals surface area contributed by atoms with Gasteiger partial charge in [0.15, 0.2) is 0 Å². The summed E-state index contributed by atoms with van der Waals surface area (Å²) in [5, 5.41) is 8.93. The van der Waals surface area contributed by atoms with Crippen molar-refractivity contribution in [2.24, 2.45) is 0 Å². The van der Waals surface area contributed by atoms with E-state index in [2.05, 4.69) is 11.1 Å². The number of aryl methyl sites for hydroxylation is 1. The molecule has 0 unspecified atom stereocenters. The zero-order valence-electron chi connectivity index (χ0n) is 11.4. The van der Waals surface area contributed by atoms with Crippen LogP contribution in [0.2, 0.25) is 0 Å². The number of hydrogen-bond acceptors (Lipinski definition) is 4. The van der Waals surface area contributed by atoms with E-state index in [0.717, 1.165) is 11.2 Å². The predicted octanol–water partition coefficient (Wildman–Crippen LogP) is 1.56. The molecule has 18 heavy (non-hydrogen) atoms. The average Bonchev–Trinajstić information content (AvgIpc) is 2.48. The summed E-state index contributed by atoms with van der Waals surface area (Å²) in [6, 6.07) is 3.87. The molecular weight excluding hydrogens is 227 g/mol. The van der Waals surface area contributed by atoms with Gasteiger partial charge in [-0.1, -0.05) is 0 Å². The summed E-state index contributed by atoms with van der Waals surface area (Å²) in [5.41, 5.74) is 1.41. The lowest BCUT2D eigenvalue weighted by atomic mass is 9.77. The van der Waals surface area contributed by atoms with Gasteiger partial charge in [-0.05, 0) is 40.7 Å². The summed E-state index contributed by atoms with van der Waals surface area (Å²) < 4.78 is 11.9. The molecule has 94 valence electrons. The third-order valence-corrected chi connectivity index (χ3v) is 3.76. The van der Waals surface area contributed by atoms with Gasteiger partial charge in [0, 0.05) is 17.4 Å². The Bertz CT molecular complexity index is 504. The Kier molecular flexibility index (Phi) is 2.96. The molecule has 0 aromatic carbocycles. The highest BCUT2D eigenvalue weighted by molar-refractivity contribution is 6.62. The van der Waals surface area contributed by atoms with Gasteiger partial charge in [0.1, 0.15) is 6.07 Å². The summed E-state index contributed by atoms with van der Waals surface area (Å²) >= 11 is 0. The Hall–Kier alpha value is -1.38. The van der Waals surface area contributed by atoms with Crippen LogP contribution in [-0.4, -0.2) is 23.3 Å². The van der Waals surface area contributed by atoms with Crippen molar-refractivity contribution in [2.75, 3.05) is 0 Å². The van der Waals surface area contributed by atoms with E-state index < -0.39 is 7.12 Å². The number of nitriles is 1. The molecule has 0 spiro atoms. The van der Waals surface area contributed by atoms with E-state index in [9.17, 15) is 0 Å². The number of rotatable bonds is 1. The van der Waals surface area contributed by atoms with Gasteiger partial charge in [-0.3, -0.25) is 4.98 Å². The maximum atomic E-state index is 8.93. The molecule has 2 heterocycles. The highest BCUT2D eigenvalue weighted by atomic mass is 16.7. The third kappa shape index (κ3) is 2.02. The molecule has 0 radical (unpaired) electrons. The van der Waals surface area contributed by atoms with E-state index in [1.54, 1.807) is 12.3 Å². The minimum absolute atomic E-state index is 0.382. The van der Waals surface area contributed by atoms with Crippen LogP contribution in [-0.2, 0) is 9.31 Å². The van der Waals surface area contributed by atoms with Crippen LogP contribution in [0.3, 0.4) is 0 Å². The maximum Gasteiger partial charge on any atom is 0.496 e. The Balaban J connectivity index is 2.38. The van der Waals surface area contributed by atoms with E-state index >= 15 is 0 Å². The van der Waals surface area contributed by atoms with Crippen LogP contribution in [0.4, 0.5) is 0 Å². The molecule has 0 N–H and O–H groups in total. The van der Waals surface area contributed by atoms with Crippen LogP contribution in [0.1, 0.15) is 39.0 Å². The lowest BCUT2D eigenvalue weighted by Crippen LogP contribution is -2.41. The maximum absolute atomic E-state index is 8.93. The Morgan fingerprint density at radius 1 is 1.22 bits per heavy atom. The smallest absolute Gasteiger partial charge is 0.399 e. The molecule has 4 nitrogen and oxygen atoms in total.